The van der Waals surface area contributed by atoms with E-state index in [2.05, 4.69) is 9.97 Å². The van der Waals surface area contributed by atoms with Gasteiger partial charge in [-0.3, -0.25) is 4.98 Å². The summed E-state index contributed by atoms with van der Waals surface area (Å²) in [5, 5.41) is 10.7. The van der Waals surface area contributed by atoms with Crippen LogP contribution in [0.5, 0.6) is 5.75 Å². The summed E-state index contributed by atoms with van der Waals surface area (Å²) in [6, 6.07) is 1.76. The summed E-state index contributed by atoms with van der Waals surface area (Å²) in [4.78, 5) is 8.10. The molecule has 2 heterocycles. The molecule has 0 saturated heterocycles. The van der Waals surface area contributed by atoms with Gasteiger partial charge in [0.2, 0.25) is 0 Å². The first-order valence-electron chi connectivity index (χ1n) is 5.47. The fourth-order valence-corrected chi connectivity index (χ4v) is 2.40. The summed E-state index contributed by atoms with van der Waals surface area (Å²) in [6.07, 6.45) is 3.96. The van der Waals surface area contributed by atoms with Crippen molar-refractivity contribution >= 4 is 22.9 Å². The SMILES string of the molecule is CC(C)Oc1cncc(C(O)c2ncc(Cl)s2)c1. The van der Waals surface area contributed by atoms with Gasteiger partial charge >= 0.3 is 0 Å². The smallest absolute Gasteiger partial charge is 0.138 e. The Morgan fingerprint density at radius 1 is 1.33 bits per heavy atom. The molecular formula is C12H13ClN2O2S. The lowest BCUT2D eigenvalue weighted by atomic mass is 10.2. The Bertz CT molecular complexity index is 530. The zero-order valence-corrected chi connectivity index (χ0v) is 11.6. The van der Waals surface area contributed by atoms with Crippen molar-refractivity contribution in [3.8, 4) is 5.75 Å². The number of aliphatic hydroxyl groups excluding tert-OH is 1. The first-order chi connectivity index (χ1) is 8.56. The number of ether oxygens (including phenoxy) is 1. The molecule has 1 N–H and O–H groups in total. The van der Waals surface area contributed by atoms with Crippen LogP contribution in [0.25, 0.3) is 0 Å². The molecule has 1 atom stereocenters. The van der Waals surface area contributed by atoms with Gasteiger partial charge in [0.15, 0.2) is 0 Å². The maximum atomic E-state index is 10.2. The number of aromatic nitrogens is 2. The average Bonchev–Trinajstić information content (AvgIpc) is 2.74. The standard InChI is InChI=1S/C12H13ClN2O2S/c1-7(2)17-9-3-8(4-14-5-9)11(16)12-15-6-10(13)18-12/h3-7,11,16H,1-2H3. The lowest BCUT2D eigenvalue weighted by Crippen LogP contribution is -2.07. The monoisotopic (exact) mass is 284 g/mol. The van der Waals surface area contributed by atoms with Crippen molar-refractivity contribution in [3.63, 3.8) is 0 Å². The number of hydrogen-bond donors (Lipinski definition) is 1. The first-order valence-corrected chi connectivity index (χ1v) is 6.66. The Hall–Kier alpha value is -1.17. The summed E-state index contributed by atoms with van der Waals surface area (Å²) in [6.45, 7) is 3.87. The van der Waals surface area contributed by atoms with Crippen molar-refractivity contribution in [2.24, 2.45) is 0 Å². The minimum absolute atomic E-state index is 0.0634. The van der Waals surface area contributed by atoms with Crippen LogP contribution in [0, 0.1) is 0 Å². The summed E-state index contributed by atoms with van der Waals surface area (Å²) in [7, 11) is 0. The molecule has 0 spiro atoms. The quantitative estimate of drug-likeness (QED) is 0.937. The van der Waals surface area contributed by atoms with Crippen molar-refractivity contribution in [2.45, 2.75) is 26.1 Å². The van der Waals surface area contributed by atoms with Crippen LogP contribution in [0.4, 0.5) is 0 Å². The number of thiazole rings is 1. The van der Waals surface area contributed by atoms with Gasteiger partial charge in [0.25, 0.3) is 0 Å². The van der Waals surface area contributed by atoms with Crippen LogP contribution in [0.3, 0.4) is 0 Å². The molecule has 96 valence electrons. The molecule has 2 aromatic rings. The van der Waals surface area contributed by atoms with E-state index in [4.69, 9.17) is 16.3 Å². The van der Waals surface area contributed by atoms with Crippen LogP contribution in [-0.4, -0.2) is 21.2 Å². The topological polar surface area (TPSA) is 55.2 Å². The zero-order chi connectivity index (χ0) is 13.1. The fraction of sp³-hybridized carbons (Fsp3) is 0.333. The third-order valence-corrected chi connectivity index (χ3v) is 3.32. The van der Waals surface area contributed by atoms with Gasteiger partial charge in [-0.2, -0.15) is 0 Å². The van der Waals surface area contributed by atoms with Crippen LogP contribution in [-0.2, 0) is 0 Å². The summed E-state index contributed by atoms with van der Waals surface area (Å²) >= 11 is 7.04. The molecule has 0 fully saturated rings. The number of rotatable bonds is 4. The molecule has 2 rings (SSSR count). The highest BCUT2D eigenvalue weighted by atomic mass is 35.5. The second-order valence-corrected chi connectivity index (χ2v) is 5.72. The van der Waals surface area contributed by atoms with Crippen LogP contribution < -0.4 is 4.74 Å². The van der Waals surface area contributed by atoms with Crippen molar-refractivity contribution in [1.82, 2.24) is 9.97 Å². The van der Waals surface area contributed by atoms with E-state index in [1.54, 1.807) is 18.5 Å². The van der Waals surface area contributed by atoms with Gasteiger partial charge in [-0.15, -0.1) is 11.3 Å². The number of aliphatic hydroxyl groups is 1. The van der Waals surface area contributed by atoms with Gasteiger partial charge in [-0.25, -0.2) is 4.98 Å². The van der Waals surface area contributed by atoms with Gasteiger partial charge in [0, 0.05) is 11.8 Å². The Kier molecular flexibility index (Phi) is 4.16. The number of halogens is 1. The minimum atomic E-state index is -0.828. The Labute approximate surface area is 114 Å². The van der Waals surface area contributed by atoms with E-state index in [0.29, 0.717) is 20.7 Å². The molecule has 2 aromatic heterocycles. The van der Waals surface area contributed by atoms with E-state index < -0.39 is 6.10 Å². The van der Waals surface area contributed by atoms with E-state index in [0.717, 1.165) is 0 Å². The minimum Gasteiger partial charge on any atom is -0.489 e. The second-order valence-electron chi connectivity index (χ2n) is 4.03. The normalized spacial score (nSPS) is 12.7. The van der Waals surface area contributed by atoms with Crippen LogP contribution in [0.1, 0.15) is 30.5 Å². The third-order valence-electron chi connectivity index (χ3n) is 2.15. The lowest BCUT2D eigenvalue weighted by molar-refractivity contribution is 0.215. The summed E-state index contributed by atoms with van der Waals surface area (Å²) in [5.74, 6) is 0.629. The molecule has 18 heavy (non-hydrogen) atoms. The van der Waals surface area contributed by atoms with Crippen molar-refractivity contribution in [3.05, 3.63) is 39.6 Å². The van der Waals surface area contributed by atoms with E-state index in [1.165, 1.54) is 17.5 Å². The maximum Gasteiger partial charge on any atom is 0.138 e. The highest BCUT2D eigenvalue weighted by Gasteiger charge is 2.15. The Balaban J connectivity index is 2.22. The molecule has 0 aromatic carbocycles. The van der Waals surface area contributed by atoms with Gasteiger partial charge in [-0.05, 0) is 19.9 Å². The van der Waals surface area contributed by atoms with E-state index >= 15 is 0 Å². The predicted molar refractivity (Wildman–Crippen MR) is 71.2 cm³/mol. The molecule has 0 saturated carbocycles. The first kappa shape index (κ1) is 13.3. The van der Waals surface area contributed by atoms with Gasteiger partial charge in [-0.1, -0.05) is 11.6 Å². The Morgan fingerprint density at radius 3 is 2.72 bits per heavy atom. The van der Waals surface area contributed by atoms with Crippen molar-refractivity contribution < 1.29 is 9.84 Å². The maximum absolute atomic E-state index is 10.2. The van der Waals surface area contributed by atoms with E-state index in [1.807, 2.05) is 13.8 Å². The molecule has 0 bridgehead atoms. The van der Waals surface area contributed by atoms with E-state index in [-0.39, 0.29) is 6.10 Å². The fourth-order valence-electron chi connectivity index (χ4n) is 1.46. The Morgan fingerprint density at radius 2 is 2.11 bits per heavy atom. The number of nitrogens with zero attached hydrogens (tertiary/aromatic N) is 2. The number of hydrogen-bond acceptors (Lipinski definition) is 5. The molecule has 0 amide bonds. The average molecular weight is 285 g/mol. The highest BCUT2D eigenvalue weighted by molar-refractivity contribution is 7.15. The van der Waals surface area contributed by atoms with Crippen LogP contribution >= 0.6 is 22.9 Å². The van der Waals surface area contributed by atoms with Gasteiger partial charge < -0.3 is 9.84 Å². The molecule has 0 aliphatic rings. The van der Waals surface area contributed by atoms with Gasteiger partial charge in [0.1, 0.15) is 21.2 Å². The van der Waals surface area contributed by atoms with Crippen LogP contribution in [0.2, 0.25) is 4.34 Å². The molecule has 0 aliphatic heterocycles. The summed E-state index contributed by atoms with van der Waals surface area (Å²) < 4.78 is 6.08. The largest absolute Gasteiger partial charge is 0.489 e. The predicted octanol–water partition coefficient (Wildman–Crippen LogP) is 3.06. The van der Waals surface area contributed by atoms with Gasteiger partial charge in [0.05, 0.1) is 18.5 Å². The lowest BCUT2D eigenvalue weighted by Gasteiger charge is -2.12. The second kappa shape index (κ2) is 5.65. The van der Waals surface area contributed by atoms with Crippen LogP contribution in [0.15, 0.2) is 24.7 Å². The zero-order valence-electron chi connectivity index (χ0n) is 10.0. The third kappa shape index (κ3) is 3.19. The van der Waals surface area contributed by atoms with Crippen molar-refractivity contribution in [1.29, 1.82) is 0 Å². The summed E-state index contributed by atoms with van der Waals surface area (Å²) in [5.41, 5.74) is 0.638. The molecule has 0 aliphatic carbocycles. The van der Waals surface area contributed by atoms with Crippen molar-refractivity contribution in [2.75, 3.05) is 0 Å². The molecule has 4 nitrogen and oxygen atoms in total. The molecular weight excluding hydrogens is 272 g/mol. The molecule has 6 heteroatoms. The molecule has 0 radical (unpaired) electrons. The highest BCUT2D eigenvalue weighted by Crippen LogP contribution is 2.29. The molecule has 1 unspecified atom stereocenters. The van der Waals surface area contributed by atoms with E-state index in [9.17, 15) is 5.11 Å². The number of pyridine rings is 1.